The number of carbonyl (C=O) groups excluding carboxylic acids is 1. The Hall–Kier alpha value is -1.55. The molecular weight excluding hydrogens is 331 g/mol. The Bertz CT molecular complexity index is 658. The van der Waals surface area contributed by atoms with Crippen LogP contribution in [-0.4, -0.2) is 24.4 Å². The van der Waals surface area contributed by atoms with Crippen molar-refractivity contribution in [3.8, 4) is 0 Å². The number of nitrogens with zero attached hydrogens (tertiary/aromatic N) is 1. The first-order chi connectivity index (χ1) is 10.9. The van der Waals surface area contributed by atoms with Gasteiger partial charge in [-0.3, -0.25) is 9.69 Å². The number of likely N-dealkylation sites (N-methyl/N-ethyl adjacent to an activating group) is 1. The number of amides is 1. The number of nitrogens with one attached hydrogen (secondary N) is 1. The molecule has 1 N–H and O–H groups in total. The maximum Gasteiger partial charge on any atom is 0.234 e. The molecule has 1 atom stereocenters. The van der Waals surface area contributed by atoms with Crippen LogP contribution in [-0.2, 0) is 11.3 Å². The van der Waals surface area contributed by atoms with Crippen molar-refractivity contribution in [2.75, 3.05) is 13.6 Å². The molecule has 2 rings (SSSR count). The van der Waals surface area contributed by atoms with Gasteiger partial charge in [-0.05, 0) is 49.4 Å². The van der Waals surface area contributed by atoms with Crippen molar-refractivity contribution >= 4 is 29.1 Å². The van der Waals surface area contributed by atoms with Gasteiger partial charge in [0, 0.05) is 16.6 Å². The van der Waals surface area contributed by atoms with Crippen LogP contribution in [0.4, 0.5) is 0 Å². The van der Waals surface area contributed by atoms with Gasteiger partial charge in [-0.25, -0.2) is 0 Å². The minimum absolute atomic E-state index is 0.0195. The van der Waals surface area contributed by atoms with Gasteiger partial charge in [0.25, 0.3) is 0 Å². The van der Waals surface area contributed by atoms with Crippen LogP contribution in [0.5, 0.6) is 0 Å². The van der Waals surface area contributed by atoms with E-state index >= 15 is 0 Å². The van der Waals surface area contributed by atoms with Crippen LogP contribution < -0.4 is 5.32 Å². The number of benzene rings is 2. The van der Waals surface area contributed by atoms with Crippen molar-refractivity contribution in [1.29, 1.82) is 0 Å². The molecule has 2 aromatic rings. The van der Waals surface area contributed by atoms with Crippen molar-refractivity contribution in [2.24, 2.45) is 0 Å². The van der Waals surface area contributed by atoms with Crippen molar-refractivity contribution in [3.05, 3.63) is 69.7 Å². The second-order valence-electron chi connectivity index (χ2n) is 5.64. The van der Waals surface area contributed by atoms with Crippen LogP contribution in [0.25, 0.3) is 0 Å². The van der Waals surface area contributed by atoms with Crippen LogP contribution in [0.3, 0.4) is 0 Å². The average Bonchev–Trinajstić information content (AvgIpc) is 2.49. The van der Waals surface area contributed by atoms with Gasteiger partial charge in [-0.2, -0.15) is 0 Å². The summed E-state index contributed by atoms with van der Waals surface area (Å²) in [5.74, 6) is -0.0195. The molecule has 23 heavy (non-hydrogen) atoms. The number of halogens is 2. The van der Waals surface area contributed by atoms with Crippen molar-refractivity contribution in [1.82, 2.24) is 10.2 Å². The number of hydrogen-bond donors (Lipinski definition) is 1. The molecular formula is C18H20Cl2N2O. The lowest BCUT2D eigenvalue weighted by Crippen LogP contribution is -2.36. The Balaban J connectivity index is 1.85. The predicted molar refractivity (Wildman–Crippen MR) is 95.8 cm³/mol. The first kappa shape index (κ1) is 17.8. The molecule has 1 amide bonds. The Morgan fingerprint density at radius 2 is 1.83 bits per heavy atom. The van der Waals surface area contributed by atoms with E-state index in [1.807, 2.05) is 67.4 Å². The minimum atomic E-state index is -0.0786. The second-order valence-corrected chi connectivity index (χ2v) is 6.52. The molecule has 3 nitrogen and oxygen atoms in total. The topological polar surface area (TPSA) is 32.3 Å². The van der Waals surface area contributed by atoms with E-state index in [0.717, 1.165) is 11.1 Å². The SMILES string of the molecule is CC(NC(=O)CN(C)Cc1ccc(Cl)cc1)c1cccc(Cl)c1. The van der Waals surface area contributed by atoms with E-state index in [1.165, 1.54) is 0 Å². The van der Waals surface area contributed by atoms with Crippen molar-refractivity contribution < 1.29 is 4.79 Å². The van der Waals surface area contributed by atoms with Crippen LogP contribution in [0.1, 0.15) is 24.1 Å². The molecule has 0 saturated heterocycles. The lowest BCUT2D eigenvalue weighted by atomic mass is 10.1. The lowest BCUT2D eigenvalue weighted by Gasteiger charge is -2.19. The monoisotopic (exact) mass is 350 g/mol. The maximum atomic E-state index is 12.2. The molecule has 0 spiro atoms. The third-order valence-electron chi connectivity index (χ3n) is 3.51. The fourth-order valence-corrected chi connectivity index (χ4v) is 2.67. The number of rotatable bonds is 6. The fourth-order valence-electron chi connectivity index (χ4n) is 2.35. The molecule has 0 aliphatic carbocycles. The molecule has 1 unspecified atom stereocenters. The smallest absolute Gasteiger partial charge is 0.234 e. The highest BCUT2D eigenvalue weighted by atomic mass is 35.5. The zero-order chi connectivity index (χ0) is 16.8. The second kappa shape index (κ2) is 8.34. The molecule has 0 bridgehead atoms. The van der Waals surface area contributed by atoms with Gasteiger partial charge in [0.2, 0.25) is 5.91 Å². The molecule has 0 saturated carbocycles. The molecule has 122 valence electrons. The van der Waals surface area contributed by atoms with E-state index in [-0.39, 0.29) is 11.9 Å². The maximum absolute atomic E-state index is 12.2. The number of hydrogen-bond acceptors (Lipinski definition) is 2. The van der Waals surface area contributed by atoms with E-state index in [9.17, 15) is 4.79 Å². The normalized spacial score (nSPS) is 12.2. The fraction of sp³-hybridized carbons (Fsp3) is 0.278. The molecule has 5 heteroatoms. The summed E-state index contributed by atoms with van der Waals surface area (Å²) >= 11 is 11.9. The molecule has 0 heterocycles. The molecule has 0 radical (unpaired) electrons. The Morgan fingerprint density at radius 1 is 1.13 bits per heavy atom. The Kier molecular flexibility index (Phi) is 6.46. The van der Waals surface area contributed by atoms with Gasteiger partial charge in [-0.1, -0.05) is 47.5 Å². The van der Waals surface area contributed by atoms with E-state index in [2.05, 4.69) is 5.32 Å². The predicted octanol–water partition coefficient (Wildman–Crippen LogP) is 4.30. The summed E-state index contributed by atoms with van der Waals surface area (Å²) in [6, 6.07) is 15.1. The van der Waals surface area contributed by atoms with Crippen LogP contribution in [0.15, 0.2) is 48.5 Å². The van der Waals surface area contributed by atoms with Crippen LogP contribution in [0.2, 0.25) is 10.0 Å². The highest BCUT2D eigenvalue weighted by molar-refractivity contribution is 6.30. The summed E-state index contributed by atoms with van der Waals surface area (Å²) in [6.45, 7) is 2.96. The van der Waals surface area contributed by atoms with Crippen LogP contribution >= 0.6 is 23.2 Å². The first-order valence-corrected chi connectivity index (χ1v) is 8.17. The number of carbonyl (C=O) groups is 1. The van der Waals surface area contributed by atoms with Gasteiger partial charge < -0.3 is 5.32 Å². The van der Waals surface area contributed by atoms with Crippen molar-refractivity contribution in [3.63, 3.8) is 0 Å². The average molecular weight is 351 g/mol. The molecule has 0 fully saturated rings. The molecule has 2 aromatic carbocycles. The van der Waals surface area contributed by atoms with Gasteiger partial charge >= 0.3 is 0 Å². The van der Waals surface area contributed by atoms with E-state index in [0.29, 0.717) is 23.1 Å². The third kappa shape index (κ3) is 5.87. The Morgan fingerprint density at radius 3 is 2.48 bits per heavy atom. The van der Waals surface area contributed by atoms with Crippen molar-refractivity contribution in [2.45, 2.75) is 19.5 Å². The largest absolute Gasteiger partial charge is 0.348 e. The van der Waals surface area contributed by atoms with Gasteiger partial charge in [0.05, 0.1) is 12.6 Å². The standard InChI is InChI=1S/C18H20Cl2N2O/c1-13(15-4-3-5-17(20)10-15)21-18(23)12-22(2)11-14-6-8-16(19)9-7-14/h3-10,13H,11-12H2,1-2H3,(H,21,23). The quantitative estimate of drug-likeness (QED) is 0.842. The summed E-state index contributed by atoms with van der Waals surface area (Å²) in [5.41, 5.74) is 2.11. The van der Waals surface area contributed by atoms with Crippen LogP contribution in [0, 0.1) is 0 Å². The summed E-state index contributed by atoms with van der Waals surface area (Å²) in [7, 11) is 1.91. The summed E-state index contributed by atoms with van der Waals surface area (Å²) < 4.78 is 0. The zero-order valence-corrected chi connectivity index (χ0v) is 14.7. The van der Waals surface area contributed by atoms with E-state index in [1.54, 1.807) is 0 Å². The van der Waals surface area contributed by atoms with Gasteiger partial charge in [0.15, 0.2) is 0 Å². The summed E-state index contributed by atoms with van der Waals surface area (Å²) in [5, 5.41) is 4.37. The summed E-state index contributed by atoms with van der Waals surface area (Å²) in [4.78, 5) is 14.1. The highest BCUT2D eigenvalue weighted by Gasteiger charge is 2.12. The molecule has 0 aliphatic heterocycles. The minimum Gasteiger partial charge on any atom is -0.348 e. The summed E-state index contributed by atoms with van der Waals surface area (Å²) in [6.07, 6.45) is 0. The van der Waals surface area contributed by atoms with E-state index in [4.69, 9.17) is 23.2 Å². The first-order valence-electron chi connectivity index (χ1n) is 7.42. The van der Waals surface area contributed by atoms with E-state index < -0.39 is 0 Å². The zero-order valence-electron chi connectivity index (χ0n) is 13.2. The lowest BCUT2D eigenvalue weighted by molar-refractivity contribution is -0.122. The molecule has 0 aromatic heterocycles. The highest BCUT2D eigenvalue weighted by Crippen LogP contribution is 2.17. The van der Waals surface area contributed by atoms with Gasteiger partial charge in [-0.15, -0.1) is 0 Å². The Labute approximate surface area is 147 Å². The van der Waals surface area contributed by atoms with Gasteiger partial charge in [0.1, 0.15) is 0 Å². The third-order valence-corrected chi connectivity index (χ3v) is 3.99. The molecule has 0 aliphatic rings.